The Balaban J connectivity index is 1.44. The number of amides is 1. The van der Waals surface area contributed by atoms with Crippen LogP contribution in [-0.4, -0.2) is 46.9 Å². The quantitative estimate of drug-likeness (QED) is 0.747. The maximum absolute atomic E-state index is 12.7. The molecule has 1 aromatic heterocycles. The molecule has 2 heterocycles. The van der Waals surface area contributed by atoms with E-state index in [0.717, 1.165) is 46.2 Å². The third-order valence-corrected chi connectivity index (χ3v) is 5.98. The number of H-pyrrole nitrogens is 1. The number of aromatic amines is 1. The monoisotopic (exact) mass is 389 g/mol. The molecule has 1 amide bonds. The number of fused-ring (bicyclic) bond motifs is 1. The molecule has 1 saturated heterocycles. The lowest BCUT2D eigenvalue weighted by Crippen LogP contribution is -2.48. The molecular formula is C24H27N3O2. The molecule has 0 aliphatic carbocycles. The molecule has 0 saturated carbocycles. The molecule has 1 aliphatic rings. The fourth-order valence-corrected chi connectivity index (χ4v) is 3.92. The molecule has 0 spiro atoms. The molecule has 1 fully saturated rings. The first-order chi connectivity index (χ1) is 13.9. The predicted octanol–water partition coefficient (Wildman–Crippen LogP) is 3.41. The second-order valence-corrected chi connectivity index (χ2v) is 8.03. The normalized spacial score (nSPS) is 15.1. The van der Waals surface area contributed by atoms with Crippen molar-refractivity contribution in [3.05, 3.63) is 80.6 Å². The molecule has 0 bridgehead atoms. The highest BCUT2D eigenvalue weighted by Gasteiger charge is 2.22. The van der Waals surface area contributed by atoms with Crippen molar-refractivity contribution in [2.75, 3.05) is 26.2 Å². The molecule has 0 radical (unpaired) electrons. The van der Waals surface area contributed by atoms with Crippen LogP contribution in [0.5, 0.6) is 0 Å². The number of rotatable bonds is 3. The summed E-state index contributed by atoms with van der Waals surface area (Å²) in [4.78, 5) is 32.5. The minimum absolute atomic E-state index is 0.0237. The van der Waals surface area contributed by atoms with Crippen molar-refractivity contribution in [2.45, 2.75) is 27.3 Å². The third kappa shape index (κ3) is 3.96. The minimum Gasteiger partial charge on any atom is -0.336 e. The number of nitrogens with one attached hydrogen (secondary N) is 1. The first-order valence-corrected chi connectivity index (χ1v) is 10.1. The van der Waals surface area contributed by atoms with Crippen LogP contribution in [0.1, 0.15) is 32.6 Å². The van der Waals surface area contributed by atoms with E-state index in [2.05, 4.69) is 28.9 Å². The lowest BCUT2D eigenvalue weighted by atomic mass is 10.0. The van der Waals surface area contributed by atoms with Crippen LogP contribution in [0.2, 0.25) is 0 Å². The lowest BCUT2D eigenvalue weighted by Gasteiger charge is -2.34. The Morgan fingerprint density at radius 1 is 0.966 bits per heavy atom. The zero-order valence-corrected chi connectivity index (χ0v) is 17.3. The molecule has 150 valence electrons. The third-order valence-electron chi connectivity index (χ3n) is 5.98. The van der Waals surface area contributed by atoms with E-state index in [1.807, 2.05) is 49.1 Å². The van der Waals surface area contributed by atoms with E-state index in [1.54, 1.807) is 0 Å². The largest absolute Gasteiger partial charge is 0.336 e. The van der Waals surface area contributed by atoms with Gasteiger partial charge < -0.3 is 9.88 Å². The molecule has 5 nitrogen and oxygen atoms in total. The van der Waals surface area contributed by atoms with E-state index in [4.69, 9.17) is 0 Å². The lowest BCUT2D eigenvalue weighted by molar-refractivity contribution is 0.0628. The Hall–Kier alpha value is -2.92. The highest BCUT2D eigenvalue weighted by molar-refractivity contribution is 5.94. The van der Waals surface area contributed by atoms with Crippen LogP contribution < -0.4 is 5.56 Å². The fourth-order valence-electron chi connectivity index (χ4n) is 3.92. The summed E-state index contributed by atoms with van der Waals surface area (Å²) in [5.41, 5.74) is 5.86. The SMILES string of the molecule is Cc1ccc(C(=O)N2CCN(Cc3cc4ccc(C)c(C)c4[nH]c3=O)CC2)cc1. The molecule has 3 aromatic rings. The zero-order chi connectivity index (χ0) is 20.5. The molecule has 4 rings (SSSR count). The van der Waals surface area contributed by atoms with Crippen molar-refractivity contribution >= 4 is 16.8 Å². The second-order valence-electron chi connectivity index (χ2n) is 8.03. The van der Waals surface area contributed by atoms with Crippen molar-refractivity contribution < 1.29 is 4.79 Å². The number of aryl methyl sites for hydroxylation is 3. The van der Waals surface area contributed by atoms with E-state index >= 15 is 0 Å². The molecule has 0 unspecified atom stereocenters. The van der Waals surface area contributed by atoms with Crippen molar-refractivity contribution in [3.8, 4) is 0 Å². The summed E-state index contributed by atoms with van der Waals surface area (Å²) < 4.78 is 0. The number of carbonyl (C=O) groups is 1. The first kappa shape index (κ1) is 19.4. The van der Waals surface area contributed by atoms with Crippen LogP contribution in [0.25, 0.3) is 10.9 Å². The Kier molecular flexibility index (Phi) is 5.24. The Morgan fingerprint density at radius 3 is 2.34 bits per heavy atom. The van der Waals surface area contributed by atoms with E-state index in [1.165, 1.54) is 5.56 Å². The number of nitrogens with zero attached hydrogens (tertiary/aromatic N) is 2. The van der Waals surface area contributed by atoms with Crippen LogP contribution >= 0.6 is 0 Å². The predicted molar refractivity (Wildman–Crippen MR) is 116 cm³/mol. The van der Waals surface area contributed by atoms with Gasteiger partial charge in [-0.05, 0) is 55.5 Å². The fraction of sp³-hybridized carbons (Fsp3) is 0.333. The van der Waals surface area contributed by atoms with Crippen molar-refractivity contribution in [1.29, 1.82) is 0 Å². The molecule has 0 atom stereocenters. The van der Waals surface area contributed by atoms with Gasteiger partial charge in [-0.15, -0.1) is 0 Å². The van der Waals surface area contributed by atoms with Crippen LogP contribution in [0.3, 0.4) is 0 Å². The summed E-state index contributed by atoms with van der Waals surface area (Å²) in [6.45, 7) is 9.60. The van der Waals surface area contributed by atoms with E-state index < -0.39 is 0 Å². The van der Waals surface area contributed by atoms with Gasteiger partial charge in [0.15, 0.2) is 0 Å². The molecule has 1 N–H and O–H groups in total. The summed E-state index contributed by atoms with van der Waals surface area (Å²) in [5, 5.41) is 1.07. The van der Waals surface area contributed by atoms with Gasteiger partial charge >= 0.3 is 0 Å². The van der Waals surface area contributed by atoms with Crippen molar-refractivity contribution in [1.82, 2.24) is 14.8 Å². The van der Waals surface area contributed by atoms with Gasteiger partial charge in [0, 0.05) is 43.9 Å². The van der Waals surface area contributed by atoms with Crippen LogP contribution in [0, 0.1) is 20.8 Å². The number of benzene rings is 2. The zero-order valence-electron chi connectivity index (χ0n) is 17.3. The maximum atomic E-state index is 12.7. The smallest absolute Gasteiger partial charge is 0.253 e. The van der Waals surface area contributed by atoms with Crippen molar-refractivity contribution in [3.63, 3.8) is 0 Å². The topological polar surface area (TPSA) is 56.4 Å². The average molecular weight is 389 g/mol. The van der Waals surface area contributed by atoms with Crippen molar-refractivity contribution in [2.24, 2.45) is 0 Å². The maximum Gasteiger partial charge on any atom is 0.253 e. The summed E-state index contributed by atoms with van der Waals surface area (Å²) in [6.07, 6.45) is 0. The van der Waals surface area contributed by atoms with Crippen LogP contribution in [0.15, 0.2) is 47.3 Å². The van der Waals surface area contributed by atoms with E-state index in [-0.39, 0.29) is 11.5 Å². The number of hydrogen-bond donors (Lipinski definition) is 1. The minimum atomic E-state index is -0.0237. The molecule has 29 heavy (non-hydrogen) atoms. The second kappa shape index (κ2) is 7.84. The van der Waals surface area contributed by atoms with Gasteiger partial charge in [0.25, 0.3) is 11.5 Å². The molecule has 2 aromatic carbocycles. The molecule has 5 heteroatoms. The van der Waals surface area contributed by atoms with Gasteiger partial charge in [-0.25, -0.2) is 0 Å². The van der Waals surface area contributed by atoms with Crippen LogP contribution in [0.4, 0.5) is 0 Å². The highest BCUT2D eigenvalue weighted by atomic mass is 16.2. The average Bonchev–Trinajstić information content (AvgIpc) is 2.73. The summed E-state index contributed by atoms with van der Waals surface area (Å²) in [5.74, 6) is 0.0825. The Labute approximate surface area is 171 Å². The molecular weight excluding hydrogens is 362 g/mol. The Morgan fingerprint density at radius 2 is 1.66 bits per heavy atom. The summed E-state index contributed by atoms with van der Waals surface area (Å²) in [7, 11) is 0. The number of pyridine rings is 1. The highest BCUT2D eigenvalue weighted by Crippen LogP contribution is 2.20. The standard InChI is InChI=1S/C24H27N3O2/c1-16-4-7-19(8-5-16)24(29)27-12-10-26(11-13-27)15-21-14-20-9-6-17(2)18(3)22(20)25-23(21)28/h4-9,14H,10-13,15H2,1-3H3,(H,25,28). The number of hydrogen-bond acceptors (Lipinski definition) is 3. The van der Waals surface area contributed by atoms with Gasteiger partial charge in [0.1, 0.15) is 0 Å². The van der Waals surface area contributed by atoms with Crippen LogP contribution in [-0.2, 0) is 6.54 Å². The van der Waals surface area contributed by atoms with Gasteiger partial charge in [-0.3, -0.25) is 14.5 Å². The summed E-state index contributed by atoms with van der Waals surface area (Å²) >= 11 is 0. The van der Waals surface area contributed by atoms with Gasteiger partial charge in [0.2, 0.25) is 0 Å². The van der Waals surface area contributed by atoms with E-state index in [9.17, 15) is 9.59 Å². The number of carbonyl (C=O) groups excluding carboxylic acids is 1. The summed E-state index contributed by atoms with van der Waals surface area (Å²) in [6, 6.07) is 13.9. The number of aromatic nitrogens is 1. The van der Waals surface area contributed by atoms with Gasteiger partial charge in [0.05, 0.1) is 5.52 Å². The van der Waals surface area contributed by atoms with E-state index in [0.29, 0.717) is 19.6 Å². The number of piperazine rings is 1. The Bertz CT molecular complexity index is 1110. The van der Waals surface area contributed by atoms with Gasteiger partial charge in [-0.2, -0.15) is 0 Å². The first-order valence-electron chi connectivity index (χ1n) is 10.1. The molecule has 1 aliphatic heterocycles. The van der Waals surface area contributed by atoms with Gasteiger partial charge in [-0.1, -0.05) is 29.8 Å².